The van der Waals surface area contributed by atoms with Gasteiger partial charge in [-0.05, 0) is 77.0 Å². The van der Waals surface area contributed by atoms with Gasteiger partial charge in [-0.15, -0.1) is 0 Å². The Kier molecular flexibility index (Phi) is 38.1. The Morgan fingerprint density at radius 1 is 0.195 bits per heavy atom. The van der Waals surface area contributed by atoms with Gasteiger partial charge in [-0.2, -0.15) is 12.9 Å². The number of hydrogen-bond donors (Lipinski definition) is 12. The second-order valence-electron chi connectivity index (χ2n) is 25.1. The van der Waals surface area contributed by atoms with Crippen LogP contribution in [0, 0.1) is 0 Å². The van der Waals surface area contributed by atoms with Gasteiger partial charge in [0.2, 0.25) is 0 Å². The molecule has 0 spiro atoms. The summed E-state index contributed by atoms with van der Waals surface area (Å²) in [7, 11) is -33.5. The molecule has 0 bridgehead atoms. The highest BCUT2D eigenvalue weighted by atomic mass is 31.3. The first-order chi connectivity index (χ1) is 41.1. The first-order valence-corrected chi connectivity index (χ1v) is 41.8. The third kappa shape index (κ3) is 35.2. The van der Waals surface area contributed by atoms with E-state index in [1.165, 1.54) is 270 Å². The maximum atomic E-state index is 12.1. The van der Waals surface area contributed by atoms with Crippen LogP contribution in [0.15, 0.2) is 0 Å². The van der Waals surface area contributed by atoms with Crippen molar-refractivity contribution in [1.82, 2.24) is 0 Å². The monoisotopic (exact) mass is 1370 g/mol. The normalized spacial score (nSPS) is 39.0. The molecule has 10 fully saturated rings. The Morgan fingerprint density at radius 2 is 0.287 bits per heavy atom. The van der Waals surface area contributed by atoms with Gasteiger partial charge in [0.15, 0.2) is 0 Å². The number of rotatable bonds is 0. The number of fused-ring (bicyclic) bond motifs is 6. The average molecular weight is 1370 g/mol. The third-order valence-corrected chi connectivity index (χ3v) is 25.0. The Balaban J connectivity index is 0.000000245. The minimum atomic E-state index is -5.59. The number of nitrogens with two attached hydrogens (primary N) is 6. The molecule has 0 amide bonds. The third-order valence-electron chi connectivity index (χ3n) is 17.0. The van der Waals surface area contributed by atoms with E-state index in [2.05, 4.69) is 40.1 Å². The van der Waals surface area contributed by atoms with Crippen molar-refractivity contribution in [2.45, 2.75) is 343 Å². The smallest absolute Gasteiger partial charge is 0.328 e. The Labute approximate surface area is 518 Å². The summed E-state index contributed by atoms with van der Waals surface area (Å²) in [6.45, 7) is 0. The van der Waals surface area contributed by atoms with Crippen LogP contribution < -0.4 is 34.4 Å². The molecular formula is C54H114N6O21P6. The van der Waals surface area contributed by atoms with Gasteiger partial charge in [0, 0.05) is 36.3 Å². The van der Waals surface area contributed by atoms with E-state index >= 15 is 0 Å². The number of phosphoric ester groups is 6. The topological polar surface area (TPSA) is 463 Å². The average Bonchev–Trinajstić information content (AvgIpc) is 1.66. The molecule has 0 aromatic carbocycles. The first kappa shape index (κ1) is 80.0. The van der Waals surface area contributed by atoms with E-state index in [9.17, 15) is 56.8 Å². The minimum Gasteiger partial charge on any atom is -0.328 e. The van der Waals surface area contributed by atoms with Crippen LogP contribution in [0.4, 0.5) is 0 Å². The lowest BCUT2D eigenvalue weighted by molar-refractivity contribution is -0.185. The predicted molar refractivity (Wildman–Crippen MR) is 333 cm³/mol. The largest absolute Gasteiger partial charge is 0.481 e. The van der Waals surface area contributed by atoms with Crippen LogP contribution in [-0.4, -0.2) is 102 Å². The van der Waals surface area contributed by atoms with Crippen molar-refractivity contribution in [3.8, 4) is 0 Å². The number of phosphoric acid groups is 6. The summed E-state index contributed by atoms with van der Waals surface area (Å²) in [5, 5.41) is 0. The molecule has 0 aromatic heterocycles. The van der Waals surface area contributed by atoms with Gasteiger partial charge in [-0.3, -0.25) is 27.1 Å². The first-order valence-electron chi connectivity index (χ1n) is 32.8. The lowest BCUT2D eigenvalue weighted by Crippen LogP contribution is -2.65. The summed E-state index contributed by atoms with van der Waals surface area (Å²) >= 11 is 0. The quantitative estimate of drug-likeness (QED) is 0.100. The molecular weight excluding hydrogens is 1250 g/mol. The summed E-state index contributed by atoms with van der Waals surface area (Å²) in [4.78, 5) is 58.3. The van der Waals surface area contributed by atoms with Gasteiger partial charge < -0.3 is 63.8 Å². The standard InChI is InChI=1S/6C8H17N.C6H12O21P6/c6*9-8-6-4-2-1-3-5-7-8;7-28(8)19-1-2(20-29(9,10)25-28)4-6(24-33(17,18)27-32(15,16)23-4)5-3(1)21-30(11,12)26-31(13,14)22-5/h6*8H,1-7,9H2;1-6H,(H,7,8)(H,9,10)(H,11,12)(H,13,14)(H,15,16)(H,17,18). The zero-order valence-corrected chi connectivity index (χ0v) is 56.9. The van der Waals surface area contributed by atoms with E-state index in [4.69, 9.17) is 34.4 Å². The molecule has 10 rings (SSSR count). The lowest BCUT2D eigenvalue weighted by atomic mass is 9.85. The van der Waals surface area contributed by atoms with Crippen LogP contribution >= 0.6 is 46.9 Å². The molecule has 7 saturated carbocycles. The van der Waals surface area contributed by atoms with Crippen LogP contribution in [0.3, 0.4) is 0 Å². The molecule has 0 aromatic rings. The second-order valence-corrected chi connectivity index (χ2v) is 34.0. The fourth-order valence-corrected chi connectivity index (χ4v) is 19.5. The summed E-state index contributed by atoms with van der Waals surface area (Å²) in [6.07, 6.45) is 42.6. The summed E-state index contributed by atoms with van der Waals surface area (Å²) in [5.41, 5.74) is 34.8. The molecule has 7 aliphatic carbocycles. The van der Waals surface area contributed by atoms with E-state index in [0.717, 1.165) is 0 Å². The molecule has 6 atom stereocenters. The zero-order chi connectivity index (χ0) is 64.0. The lowest BCUT2D eigenvalue weighted by Gasteiger charge is -2.45. The van der Waals surface area contributed by atoms with Gasteiger partial charge in [-0.1, -0.05) is 193 Å². The van der Waals surface area contributed by atoms with Crippen molar-refractivity contribution in [1.29, 1.82) is 0 Å². The Morgan fingerprint density at radius 3 is 0.391 bits per heavy atom. The highest BCUT2D eigenvalue weighted by Crippen LogP contribution is 2.73. The van der Waals surface area contributed by atoms with Gasteiger partial charge in [-0.25, -0.2) is 27.4 Å². The summed E-state index contributed by atoms with van der Waals surface area (Å²) in [5.74, 6) is 0. The molecule has 27 nitrogen and oxygen atoms in total. The molecule has 10 aliphatic rings. The molecule has 33 heteroatoms. The minimum absolute atomic E-state index is 0.519. The molecule has 18 N–H and O–H groups in total. The fourth-order valence-electron chi connectivity index (χ4n) is 12.2. The van der Waals surface area contributed by atoms with Crippen molar-refractivity contribution in [3.63, 3.8) is 0 Å². The molecule has 87 heavy (non-hydrogen) atoms. The second kappa shape index (κ2) is 41.5. The Bertz CT molecular complexity index is 1770. The molecule has 516 valence electrons. The van der Waals surface area contributed by atoms with Crippen molar-refractivity contribution < 1.29 is 96.8 Å². The summed E-state index contributed by atoms with van der Waals surface area (Å²) < 4.78 is 112. The fraction of sp³-hybridized carbons (Fsp3) is 1.00. The van der Waals surface area contributed by atoms with Crippen LogP contribution in [0.5, 0.6) is 0 Å². The van der Waals surface area contributed by atoms with E-state index in [-0.39, 0.29) is 0 Å². The maximum absolute atomic E-state index is 12.1. The summed E-state index contributed by atoms with van der Waals surface area (Å²) in [6, 6.07) is 3.11. The Hall–Kier alpha value is 0.540. The van der Waals surface area contributed by atoms with Crippen LogP contribution in [0.25, 0.3) is 0 Å². The molecule has 6 unspecified atom stereocenters. The van der Waals surface area contributed by atoms with Crippen molar-refractivity contribution in [2.75, 3.05) is 0 Å². The molecule has 3 aliphatic heterocycles. The molecule has 3 heterocycles. The highest BCUT2D eigenvalue weighted by Gasteiger charge is 2.68. The van der Waals surface area contributed by atoms with Crippen LogP contribution in [0.2, 0.25) is 0 Å². The van der Waals surface area contributed by atoms with E-state index < -0.39 is 83.6 Å². The van der Waals surface area contributed by atoms with Gasteiger partial charge in [0.1, 0.15) is 36.6 Å². The van der Waals surface area contributed by atoms with Crippen molar-refractivity contribution in [2.24, 2.45) is 34.4 Å². The van der Waals surface area contributed by atoms with E-state index in [1.54, 1.807) is 0 Å². The van der Waals surface area contributed by atoms with Gasteiger partial charge >= 0.3 is 46.9 Å². The van der Waals surface area contributed by atoms with E-state index in [1.807, 2.05) is 0 Å². The van der Waals surface area contributed by atoms with Crippen molar-refractivity contribution in [3.05, 3.63) is 0 Å². The van der Waals surface area contributed by atoms with E-state index in [0.29, 0.717) is 36.3 Å². The SMILES string of the molecule is NC1CCCCCCC1.NC1CCCCCCC1.NC1CCCCCCC1.NC1CCCCCCC1.NC1CCCCCCC1.NC1CCCCCCC1.O=P1(O)OC2C3OP(=O)(O)OP(=O)(O)OC3C3OP(=O)(O)OP(=O)(O)OC3C2OP(=O)(O)O1. The molecule has 0 radical (unpaired) electrons. The van der Waals surface area contributed by atoms with Crippen molar-refractivity contribution >= 4 is 46.9 Å². The number of hydrogen-bond acceptors (Lipinski definition) is 21. The van der Waals surface area contributed by atoms with Crippen LogP contribution in [-0.2, 0) is 67.5 Å². The van der Waals surface area contributed by atoms with Gasteiger partial charge in [0.25, 0.3) is 0 Å². The van der Waals surface area contributed by atoms with Gasteiger partial charge in [0.05, 0.1) is 0 Å². The zero-order valence-electron chi connectivity index (χ0n) is 51.6. The molecule has 3 saturated heterocycles. The maximum Gasteiger partial charge on any atom is 0.481 e. The van der Waals surface area contributed by atoms with Crippen LogP contribution in [0.1, 0.15) is 270 Å². The predicted octanol–water partition coefficient (Wildman–Crippen LogP) is 12.4. The highest BCUT2D eigenvalue weighted by molar-refractivity contribution is 7.62.